The number of benzene rings is 2. The minimum absolute atomic E-state index is 0.0399. The van der Waals surface area contributed by atoms with Gasteiger partial charge in [0.05, 0.1) is 0 Å². The maximum atomic E-state index is 12.0. The molecule has 0 unspecified atom stereocenters. The van der Waals surface area contributed by atoms with Crippen LogP contribution in [-0.4, -0.2) is 11.0 Å². The molecule has 0 aliphatic rings. The number of rotatable bonds is 5. The molecule has 0 spiro atoms. The molecule has 2 rings (SSSR count). The van der Waals surface area contributed by atoms with Crippen molar-refractivity contribution in [2.24, 2.45) is 0 Å². The van der Waals surface area contributed by atoms with Crippen molar-refractivity contribution in [3.63, 3.8) is 0 Å². The lowest BCUT2D eigenvalue weighted by Gasteiger charge is -2.07. The molecule has 5 heteroatoms. The Morgan fingerprint density at radius 1 is 1.26 bits per heavy atom. The third kappa shape index (κ3) is 4.61. The van der Waals surface area contributed by atoms with Crippen LogP contribution in [0.5, 0.6) is 5.75 Å². The van der Waals surface area contributed by atoms with Gasteiger partial charge >= 0.3 is 0 Å². The van der Waals surface area contributed by atoms with E-state index in [-0.39, 0.29) is 11.3 Å². The number of anilines is 1. The standard InChI is InChI=1S/C18H17N3O2/c1-13-5-2-3-6-14(13)11-20-12-15(10-19)18(23)21-16-7-4-8-17(22)9-16/h2-9,12,20,22H,11H2,1H3,(H,21,23)/b15-12-. The molecular formula is C18H17N3O2. The summed E-state index contributed by atoms with van der Waals surface area (Å²) in [5, 5.41) is 24.0. The van der Waals surface area contributed by atoms with Gasteiger partial charge in [-0.1, -0.05) is 30.3 Å². The smallest absolute Gasteiger partial charge is 0.267 e. The van der Waals surface area contributed by atoms with Crippen LogP contribution in [0.1, 0.15) is 11.1 Å². The molecule has 116 valence electrons. The molecule has 23 heavy (non-hydrogen) atoms. The van der Waals surface area contributed by atoms with E-state index in [1.165, 1.54) is 18.3 Å². The van der Waals surface area contributed by atoms with Crippen LogP contribution in [0.4, 0.5) is 5.69 Å². The number of nitriles is 1. The first-order valence-electron chi connectivity index (χ1n) is 7.08. The van der Waals surface area contributed by atoms with Gasteiger partial charge in [-0.3, -0.25) is 4.79 Å². The Morgan fingerprint density at radius 3 is 2.74 bits per heavy atom. The van der Waals surface area contributed by atoms with Gasteiger partial charge in [0.15, 0.2) is 0 Å². The third-order valence-corrected chi connectivity index (χ3v) is 3.27. The number of carbonyl (C=O) groups is 1. The predicted octanol–water partition coefficient (Wildman–Crippen LogP) is 2.84. The first-order chi connectivity index (χ1) is 11.1. The summed E-state index contributed by atoms with van der Waals surface area (Å²) in [6.07, 6.45) is 1.39. The molecule has 0 bridgehead atoms. The highest BCUT2D eigenvalue weighted by molar-refractivity contribution is 6.06. The summed E-state index contributed by atoms with van der Waals surface area (Å²) in [5.74, 6) is -0.488. The van der Waals surface area contributed by atoms with E-state index in [1.54, 1.807) is 12.1 Å². The zero-order valence-electron chi connectivity index (χ0n) is 12.7. The Kier molecular flexibility index (Phi) is 5.37. The fourth-order valence-corrected chi connectivity index (χ4v) is 2.00. The first-order valence-corrected chi connectivity index (χ1v) is 7.08. The van der Waals surface area contributed by atoms with Gasteiger partial charge in [0, 0.05) is 24.5 Å². The first kappa shape index (κ1) is 16.1. The summed E-state index contributed by atoms with van der Waals surface area (Å²) in [6, 6.07) is 15.9. The topological polar surface area (TPSA) is 85.2 Å². The Balaban J connectivity index is 2.00. The van der Waals surface area contributed by atoms with Crippen molar-refractivity contribution in [1.82, 2.24) is 5.32 Å². The van der Waals surface area contributed by atoms with Crippen LogP contribution < -0.4 is 10.6 Å². The summed E-state index contributed by atoms with van der Waals surface area (Å²) in [6.45, 7) is 2.53. The number of nitrogens with one attached hydrogen (secondary N) is 2. The number of aromatic hydroxyl groups is 1. The van der Waals surface area contributed by atoms with E-state index >= 15 is 0 Å². The fourth-order valence-electron chi connectivity index (χ4n) is 2.00. The summed E-state index contributed by atoms with van der Waals surface area (Å²) >= 11 is 0. The van der Waals surface area contributed by atoms with E-state index in [2.05, 4.69) is 10.6 Å². The van der Waals surface area contributed by atoms with Gasteiger partial charge in [-0.05, 0) is 30.2 Å². The molecule has 1 amide bonds. The van der Waals surface area contributed by atoms with Crippen molar-refractivity contribution in [3.8, 4) is 11.8 Å². The lowest BCUT2D eigenvalue weighted by atomic mass is 10.1. The number of phenols is 1. The molecule has 2 aromatic carbocycles. The van der Waals surface area contributed by atoms with Crippen molar-refractivity contribution < 1.29 is 9.90 Å². The minimum atomic E-state index is -0.532. The van der Waals surface area contributed by atoms with Gasteiger partial charge < -0.3 is 15.7 Å². The number of carbonyl (C=O) groups excluding carboxylic acids is 1. The third-order valence-electron chi connectivity index (χ3n) is 3.27. The molecule has 0 aromatic heterocycles. The number of aryl methyl sites for hydroxylation is 1. The number of hydrogen-bond donors (Lipinski definition) is 3. The molecule has 0 saturated heterocycles. The largest absolute Gasteiger partial charge is 0.508 e. The molecule has 0 atom stereocenters. The zero-order chi connectivity index (χ0) is 16.7. The molecular weight excluding hydrogens is 290 g/mol. The second kappa shape index (κ2) is 7.66. The van der Waals surface area contributed by atoms with E-state index in [0.717, 1.165) is 11.1 Å². The highest BCUT2D eigenvalue weighted by atomic mass is 16.3. The second-order valence-electron chi connectivity index (χ2n) is 4.98. The van der Waals surface area contributed by atoms with Crippen LogP contribution in [0.2, 0.25) is 0 Å². The SMILES string of the molecule is Cc1ccccc1CN/C=C(/C#N)C(=O)Nc1cccc(O)c1. The lowest BCUT2D eigenvalue weighted by Crippen LogP contribution is -2.16. The van der Waals surface area contributed by atoms with E-state index < -0.39 is 5.91 Å². The number of phenolic OH excluding ortho intramolecular Hbond substituents is 1. The van der Waals surface area contributed by atoms with Gasteiger partial charge in [0.25, 0.3) is 5.91 Å². The average Bonchev–Trinajstić information content (AvgIpc) is 2.53. The van der Waals surface area contributed by atoms with Crippen molar-refractivity contribution in [1.29, 1.82) is 5.26 Å². The molecule has 0 radical (unpaired) electrons. The maximum absolute atomic E-state index is 12.0. The Hall–Kier alpha value is -3.26. The molecule has 0 fully saturated rings. The predicted molar refractivity (Wildman–Crippen MR) is 88.5 cm³/mol. The van der Waals surface area contributed by atoms with Crippen molar-refractivity contribution in [2.75, 3.05) is 5.32 Å². The van der Waals surface area contributed by atoms with Crippen molar-refractivity contribution >= 4 is 11.6 Å². The van der Waals surface area contributed by atoms with Crippen LogP contribution in [0.25, 0.3) is 0 Å². The van der Waals surface area contributed by atoms with Crippen LogP contribution in [0.3, 0.4) is 0 Å². The van der Waals surface area contributed by atoms with E-state index in [1.807, 2.05) is 37.3 Å². The average molecular weight is 307 g/mol. The summed E-state index contributed by atoms with van der Waals surface area (Å²) < 4.78 is 0. The Bertz CT molecular complexity index is 776. The summed E-state index contributed by atoms with van der Waals surface area (Å²) in [7, 11) is 0. The maximum Gasteiger partial charge on any atom is 0.267 e. The molecule has 0 heterocycles. The van der Waals surface area contributed by atoms with Gasteiger partial charge in [0.2, 0.25) is 0 Å². The van der Waals surface area contributed by atoms with Gasteiger partial charge in [-0.25, -0.2) is 0 Å². The zero-order valence-corrected chi connectivity index (χ0v) is 12.7. The minimum Gasteiger partial charge on any atom is -0.508 e. The monoisotopic (exact) mass is 307 g/mol. The molecule has 0 saturated carbocycles. The van der Waals surface area contributed by atoms with E-state index in [9.17, 15) is 9.90 Å². The van der Waals surface area contributed by atoms with Crippen LogP contribution in [0, 0.1) is 18.3 Å². The lowest BCUT2D eigenvalue weighted by molar-refractivity contribution is -0.112. The number of amides is 1. The summed E-state index contributed by atoms with van der Waals surface area (Å²) in [5.41, 5.74) is 2.61. The molecule has 2 aromatic rings. The molecule has 0 aliphatic heterocycles. The van der Waals surface area contributed by atoms with Crippen molar-refractivity contribution in [3.05, 3.63) is 71.4 Å². The Labute approximate surface area is 134 Å². The summed E-state index contributed by atoms with van der Waals surface area (Å²) in [4.78, 5) is 12.0. The van der Waals surface area contributed by atoms with Crippen LogP contribution >= 0.6 is 0 Å². The van der Waals surface area contributed by atoms with E-state index in [0.29, 0.717) is 12.2 Å². The normalized spacial score (nSPS) is 10.7. The van der Waals surface area contributed by atoms with Crippen molar-refractivity contribution in [2.45, 2.75) is 13.5 Å². The number of hydrogen-bond acceptors (Lipinski definition) is 4. The fraction of sp³-hybridized carbons (Fsp3) is 0.111. The molecule has 3 N–H and O–H groups in total. The second-order valence-corrected chi connectivity index (χ2v) is 4.98. The molecule has 5 nitrogen and oxygen atoms in total. The van der Waals surface area contributed by atoms with Crippen LogP contribution in [0.15, 0.2) is 60.3 Å². The molecule has 0 aliphatic carbocycles. The number of nitrogens with zero attached hydrogens (tertiary/aromatic N) is 1. The van der Waals surface area contributed by atoms with Gasteiger partial charge in [-0.2, -0.15) is 5.26 Å². The Morgan fingerprint density at radius 2 is 2.04 bits per heavy atom. The van der Waals surface area contributed by atoms with Gasteiger partial charge in [-0.15, -0.1) is 0 Å². The quantitative estimate of drug-likeness (QED) is 0.586. The highest BCUT2D eigenvalue weighted by Gasteiger charge is 2.09. The van der Waals surface area contributed by atoms with Crippen LogP contribution in [-0.2, 0) is 11.3 Å². The van der Waals surface area contributed by atoms with Gasteiger partial charge in [0.1, 0.15) is 17.4 Å². The highest BCUT2D eigenvalue weighted by Crippen LogP contribution is 2.16. The van der Waals surface area contributed by atoms with E-state index in [4.69, 9.17) is 5.26 Å².